The van der Waals surface area contributed by atoms with E-state index in [-0.39, 0.29) is 11.9 Å². The first-order chi connectivity index (χ1) is 12.6. The lowest BCUT2D eigenvalue weighted by molar-refractivity contribution is 0.0605. The molecular formula is C21H28N4O. The molecule has 1 aromatic heterocycles. The van der Waals surface area contributed by atoms with Crippen molar-refractivity contribution >= 4 is 5.91 Å². The zero-order valence-corrected chi connectivity index (χ0v) is 15.7. The average molecular weight is 352 g/mol. The van der Waals surface area contributed by atoms with E-state index in [0.29, 0.717) is 11.6 Å². The molecule has 2 fully saturated rings. The quantitative estimate of drug-likeness (QED) is 0.892. The van der Waals surface area contributed by atoms with E-state index in [1.54, 1.807) is 0 Å². The molecule has 0 spiro atoms. The highest BCUT2D eigenvalue weighted by atomic mass is 16.2. The molecule has 1 saturated heterocycles. The normalized spacial score (nSPS) is 20.6. The van der Waals surface area contributed by atoms with E-state index in [0.717, 1.165) is 31.6 Å². The number of amides is 1. The van der Waals surface area contributed by atoms with Gasteiger partial charge in [-0.2, -0.15) is 5.10 Å². The summed E-state index contributed by atoms with van der Waals surface area (Å²) in [7, 11) is 4.16. The molecule has 138 valence electrons. The summed E-state index contributed by atoms with van der Waals surface area (Å²) in [4.78, 5) is 17.3. The Morgan fingerprint density at radius 1 is 1.19 bits per heavy atom. The van der Waals surface area contributed by atoms with Crippen LogP contribution in [0.15, 0.2) is 30.3 Å². The largest absolute Gasteiger partial charge is 0.330 e. The summed E-state index contributed by atoms with van der Waals surface area (Å²) in [5, 5.41) is 7.37. The lowest BCUT2D eigenvalue weighted by Crippen LogP contribution is -2.38. The first kappa shape index (κ1) is 17.3. The highest BCUT2D eigenvalue weighted by Crippen LogP contribution is 2.39. The zero-order chi connectivity index (χ0) is 18.1. The van der Waals surface area contributed by atoms with Gasteiger partial charge >= 0.3 is 0 Å². The molecule has 1 saturated carbocycles. The molecule has 2 aromatic rings. The van der Waals surface area contributed by atoms with Gasteiger partial charge < -0.3 is 9.80 Å². The number of H-pyrrole nitrogens is 1. The van der Waals surface area contributed by atoms with Crippen LogP contribution in [-0.4, -0.2) is 46.5 Å². The SMILES string of the molecule is CN(C)Cc1ccc([C@H]2CCCCN2C(=O)c2cc(C3CC3)[nH]n2)cc1. The first-order valence-electron chi connectivity index (χ1n) is 9.71. The molecule has 1 aliphatic carbocycles. The van der Waals surface area contributed by atoms with Crippen molar-refractivity contribution in [2.24, 2.45) is 0 Å². The highest BCUT2D eigenvalue weighted by Gasteiger charge is 2.31. The van der Waals surface area contributed by atoms with E-state index in [1.165, 1.54) is 30.4 Å². The molecule has 0 radical (unpaired) electrons. The Hall–Kier alpha value is -2.14. The lowest BCUT2D eigenvalue weighted by Gasteiger charge is -2.35. The van der Waals surface area contributed by atoms with Crippen LogP contribution in [0, 0.1) is 0 Å². The number of aromatic nitrogens is 2. The van der Waals surface area contributed by atoms with E-state index < -0.39 is 0 Å². The molecule has 4 rings (SSSR count). The smallest absolute Gasteiger partial charge is 0.274 e. The van der Waals surface area contributed by atoms with Crippen LogP contribution >= 0.6 is 0 Å². The molecule has 1 atom stereocenters. The predicted octanol–water partition coefficient (Wildman–Crippen LogP) is 3.72. The molecule has 1 aromatic carbocycles. The molecule has 2 aliphatic rings. The summed E-state index contributed by atoms with van der Waals surface area (Å²) in [6.45, 7) is 1.75. The standard InChI is InChI=1S/C21H28N4O/c1-24(2)14-15-6-8-17(9-7-15)20-5-3-4-12-25(20)21(26)19-13-18(22-23-19)16-10-11-16/h6-9,13,16,20H,3-5,10-12,14H2,1-2H3,(H,22,23)/t20-/m1/s1. The Kier molecular flexibility index (Phi) is 4.81. The zero-order valence-electron chi connectivity index (χ0n) is 15.7. The molecule has 26 heavy (non-hydrogen) atoms. The number of rotatable bonds is 5. The number of carbonyl (C=O) groups excluding carboxylic acids is 1. The summed E-state index contributed by atoms with van der Waals surface area (Å²) in [5.74, 6) is 0.653. The Balaban J connectivity index is 1.52. The Morgan fingerprint density at radius 3 is 2.65 bits per heavy atom. The van der Waals surface area contributed by atoms with Gasteiger partial charge in [-0.05, 0) is 63.4 Å². The van der Waals surface area contributed by atoms with Gasteiger partial charge in [0.05, 0.1) is 6.04 Å². The summed E-state index contributed by atoms with van der Waals surface area (Å²) in [5.41, 5.74) is 4.23. The van der Waals surface area contributed by atoms with Crippen LogP contribution in [0.4, 0.5) is 0 Å². The van der Waals surface area contributed by atoms with Crippen molar-refractivity contribution in [3.05, 3.63) is 52.8 Å². The van der Waals surface area contributed by atoms with Gasteiger partial charge in [0.15, 0.2) is 0 Å². The monoisotopic (exact) mass is 352 g/mol. The van der Waals surface area contributed by atoms with Crippen molar-refractivity contribution in [1.29, 1.82) is 0 Å². The van der Waals surface area contributed by atoms with Gasteiger partial charge in [0.2, 0.25) is 0 Å². The van der Waals surface area contributed by atoms with Crippen LogP contribution in [0.3, 0.4) is 0 Å². The molecule has 2 heterocycles. The van der Waals surface area contributed by atoms with Crippen molar-refractivity contribution in [3.8, 4) is 0 Å². The second kappa shape index (κ2) is 7.23. The summed E-state index contributed by atoms with van der Waals surface area (Å²) >= 11 is 0. The van der Waals surface area contributed by atoms with Crippen LogP contribution in [-0.2, 0) is 6.54 Å². The number of nitrogens with zero attached hydrogens (tertiary/aromatic N) is 3. The van der Waals surface area contributed by atoms with E-state index >= 15 is 0 Å². The first-order valence-corrected chi connectivity index (χ1v) is 9.71. The van der Waals surface area contributed by atoms with Crippen LogP contribution < -0.4 is 0 Å². The Morgan fingerprint density at radius 2 is 1.96 bits per heavy atom. The predicted molar refractivity (Wildman–Crippen MR) is 102 cm³/mol. The van der Waals surface area contributed by atoms with Crippen LogP contribution in [0.25, 0.3) is 0 Å². The molecular weight excluding hydrogens is 324 g/mol. The fourth-order valence-electron chi connectivity index (χ4n) is 3.93. The van der Waals surface area contributed by atoms with Gasteiger partial charge in [0, 0.05) is 24.7 Å². The molecule has 1 aliphatic heterocycles. The third-order valence-electron chi connectivity index (χ3n) is 5.46. The molecule has 1 amide bonds. The number of likely N-dealkylation sites (tertiary alicyclic amines) is 1. The number of hydrogen-bond acceptors (Lipinski definition) is 3. The van der Waals surface area contributed by atoms with Crippen LogP contribution in [0.5, 0.6) is 0 Å². The molecule has 0 unspecified atom stereocenters. The summed E-state index contributed by atoms with van der Waals surface area (Å²) in [6.07, 6.45) is 5.68. The van der Waals surface area contributed by atoms with Gasteiger partial charge in [0.25, 0.3) is 5.91 Å². The van der Waals surface area contributed by atoms with E-state index in [2.05, 4.69) is 53.5 Å². The minimum absolute atomic E-state index is 0.0650. The fourth-order valence-corrected chi connectivity index (χ4v) is 3.93. The molecule has 1 N–H and O–H groups in total. The number of piperidine rings is 1. The topological polar surface area (TPSA) is 52.2 Å². The number of aromatic amines is 1. The van der Waals surface area contributed by atoms with E-state index in [4.69, 9.17) is 0 Å². The van der Waals surface area contributed by atoms with Crippen molar-refractivity contribution in [2.45, 2.75) is 50.6 Å². The van der Waals surface area contributed by atoms with E-state index in [1.807, 2.05) is 11.0 Å². The second-order valence-electron chi connectivity index (χ2n) is 7.97. The minimum Gasteiger partial charge on any atom is -0.330 e. The molecule has 0 bridgehead atoms. The maximum absolute atomic E-state index is 13.1. The fraction of sp³-hybridized carbons (Fsp3) is 0.524. The van der Waals surface area contributed by atoms with Crippen molar-refractivity contribution < 1.29 is 4.79 Å². The van der Waals surface area contributed by atoms with Crippen molar-refractivity contribution in [2.75, 3.05) is 20.6 Å². The number of benzene rings is 1. The van der Waals surface area contributed by atoms with Gasteiger partial charge in [-0.15, -0.1) is 0 Å². The summed E-state index contributed by atoms with van der Waals surface area (Å²) < 4.78 is 0. The van der Waals surface area contributed by atoms with Gasteiger partial charge in [-0.3, -0.25) is 9.89 Å². The third-order valence-corrected chi connectivity index (χ3v) is 5.46. The van der Waals surface area contributed by atoms with Crippen LogP contribution in [0.1, 0.15) is 71.4 Å². The second-order valence-corrected chi connectivity index (χ2v) is 7.97. The van der Waals surface area contributed by atoms with Crippen LogP contribution in [0.2, 0.25) is 0 Å². The number of hydrogen-bond donors (Lipinski definition) is 1. The molecule has 5 nitrogen and oxygen atoms in total. The van der Waals surface area contributed by atoms with Gasteiger partial charge in [-0.25, -0.2) is 0 Å². The third kappa shape index (κ3) is 3.68. The maximum atomic E-state index is 13.1. The van der Waals surface area contributed by atoms with E-state index in [9.17, 15) is 4.79 Å². The average Bonchev–Trinajstić information content (AvgIpc) is 3.38. The number of nitrogens with one attached hydrogen (secondary N) is 1. The van der Waals surface area contributed by atoms with Gasteiger partial charge in [0.1, 0.15) is 5.69 Å². The van der Waals surface area contributed by atoms with Crippen molar-refractivity contribution in [3.63, 3.8) is 0 Å². The highest BCUT2D eigenvalue weighted by molar-refractivity contribution is 5.92. The van der Waals surface area contributed by atoms with Crippen molar-refractivity contribution in [1.82, 2.24) is 20.0 Å². The molecule has 5 heteroatoms. The lowest BCUT2D eigenvalue weighted by atomic mass is 9.94. The van der Waals surface area contributed by atoms with Gasteiger partial charge in [-0.1, -0.05) is 24.3 Å². The Labute approximate surface area is 155 Å². The Bertz CT molecular complexity index is 761. The number of carbonyl (C=O) groups is 1. The maximum Gasteiger partial charge on any atom is 0.274 e. The summed E-state index contributed by atoms with van der Waals surface area (Å²) in [6, 6.07) is 10.9. The minimum atomic E-state index is 0.0650.